The van der Waals surface area contributed by atoms with Crippen molar-refractivity contribution in [2.45, 2.75) is 6.92 Å². The smallest absolute Gasteiger partial charge is 0.364 e. The molecule has 7 atom stereocenters. The Hall–Kier alpha value is -3.82. The van der Waals surface area contributed by atoms with Crippen molar-refractivity contribution in [1.29, 1.82) is 0 Å². The number of aromatic nitrogens is 4. The quantitative estimate of drug-likeness (QED) is 0.0477. The van der Waals surface area contributed by atoms with Crippen LogP contribution in [0.3, 0.4) is 0 Å². The van der Waals surface area contributed by atoms with Crippen molar-refractivity contribution in [3.63, 3.8) is 0 Å². The predicted octanol–water partition coefficient (Wildman–Crippen LogP) is 9.33. The zero-order valence-electron chi connectivity index (χ0n) is 35.2. The first kappa shape index (κ1) is 51.1. The van der Waals surface area contributed by atoms with E-state index in [-0.39, 0.29) is 36.5 Å². The number of carbonyl (C=O) groups excluding carboxylic acids is 1. The number of ether oxygens (including phenoxy) is 1. The van der Waals surface area contributed by atoms with Crippen molar-refractivity contribution in [3.8, 4) is 50.4 Å². The van der Waals surface area contributed by atoms with Crippen LogP contribution in [0.15, 0.2) is 24.3 Å². The molecule has 7 aromatic rings. The van der Waals surface area contributed by atoms with Gasteiger partial charge in [0.05, 0.1) is 44.6 Å². The molecule has 4 aromatic carbocycles. The molecule has 2 aliphatic heterocycles. The van der Waals surface area contributed by atoms with Crippen molar-refractivity contribution < 1.29 is 57.8 Å². The van der Waals surface area contributed by atoms with E-state index in [9.17, 15) is 13.6 Å². The van der Waals surface area contributed by atoms with Gasteiger partial charge in [0.2, 0.25) is 11.7 Å². The maximum Gasteiger partial charge on any atom is 0.364 e. The molecule has 0 saturated carbocycles. The first-order valence-electron chi connectivity index (χ1n) is 19.7. The number of nitrogens with one attached hydrogen (secondary N) is 1. The van der Waals surface area contributed by atoms with Gasteiger partial charge in [-0.2, -0.15) is 0 Å². The number of carbonyl (C=O) groups is 1. The van der Waals surface area contributed by atoms with Gasteiger partial charge in [-0.15, -0.1) is 55.4 Å². The molecule has 70 heavy (non-hydrogen) atoms. The van der Waals surface area contributed by atoms with Crippen LogP contribution in [0.4, 0.5) is 48.3 Å². The molecule has 0 aliphatic carbocycles. The molecule has 358 valence electrons. The van der Waals surface area contributed by atoms with Crippen LogP contribution in [0.5, 0.6) is 5.88 Å². The highest BCUT2D eigenvalue weighted by atomic mass is 127. The minimum absolute atomic E-state index is 0.00993. The minimum Gasteiger partial charge on any atom is -0.402 e. The van der Waals surface area contributed by atoms with Gasteiger partial charge in [0.1, 0.15) is 5.82 Å². The summed E-state index contributed by atoms with van der Waals surface area (Å²) in [6, 6.07) is 4.86. The third-order valence-electron chi connectivity index (χ3n) is 11.9. The largest absolute Gasteiger partial charge is 0.402 e. The Bertz CT molecular complexity index is 3710. The fourth-order valence-corrected chi connectivity index (χ4v) is 12.1. The summed E-state index contributed by atoms with van der Waals surface area (Å²) in [7, 11) is 17.6. The number of hydrogen-bond donors (Lipinski definition) is 1. The minimum atomic E-state index is -2.49. The van der Waals surface area contributed by atoms with Crippen LogP contribution in [0.25, 0.3) is 78.7 Å². The predicted molar refractivity (Wildman–Crippen MR) is 284 cm³/mol. The number of benzene rings is 4. The Kier molecular flexibility index (Phi) is 13.6. The number of esters is 1. The SMILES string of the molecule is Cc1c(P)c(P)c(-c2c3nc(c(-c4c(F)c(F)c(F)c(F)c4F)c4ccc(c(-c5c(F)c(F)c(F)c(P)c5F)c5nc(c(-c6c(F)c(F)c(P)c(P)c6I)c6ccc2[nH]6)OC5=O)n4C)C=C3)c(P)c1P. The van der Waals surface area contributed by atoms with Crippen molar-refractivity contribution in [2.75, 3.05) is 0 Å². The van der Waals surface area contributed by atoms with Crippen LogP contribution in [-0.4, -0.2) is 25.5 Å². The van der Waals surface area contributed by atoms with E-state index in [0.29, 0.717) is 26.8 Å². The normalized spacial score (nSPS) is 12.4. The van der Waals surface area contributed by atoms with Crippen molar-refractivity contribution in [1.82, 2.24) is 19.5 Å². The first-order valence-corrected chi connectivity index (χ1v) is 24.8. The van der Waals surface area contributed by atoms with Crippen molar-refractivity contribution in [2.24, 2.45) is 7.05 Å². The number of hydrogen-bond acceptors (Lipinski definition) is 4. The molecule has 2 aliphatic rings. The molecule has 6 nitrogen and oxygen atoms in total. The van der Waals surface area contributed by atoms with Gasteiger partial charge >= 0.3 is 5.97 Å². The number of aromatic amines is 1. The molecule has 5 heterocycles. The van der Waals surface area contributed by atoms with E-state index in [1.165, 1.54) is 24.3 Å². The van der Waals surface area contributed by atoms with Gasteiger partial charge in [0.15, 0.2) is 58.0 Å². The fourth-order valence-electron chi connectivity index (χ4n) is 8.27. The monoisotopic (exact) mass is 1210 g/mol. The fraction of sp³-hybridized carbons (Fsp3) is 0.0444. The Morgan fingerprint density at radius 2 is 0.943 bits per heavy atom. The molecular formula is C45H27F11IN4O2P7. The second kappa shape index (κ2) is 18.6. The Morgan fingerprint density at radius 1 is 0.486 bits per heavy atom. The van der Waals surface area contributed by atoms with E-state index >= 15 is 39.5 Å². The number of halogens is 12. The zero-order valence-corrected chi connectivity index (χ0v) is 45.4. The Balaban J connectivity index is 1.64. The molecule has 0 spiro atoms. The lowest BCUT2D eigenvalue weighted by Gasteiger charge is -2.19. The number of H-pyrrole nitrogens is 1. The molecule has 9 rings (SSSR count). The van der Waals surface area contributed by atoms with Crippen LogP contribution in [0.2, 0.25) is 0 Å². The summed E-state index contributed by atoms with van der Waals surface area (Å²) in [5, 5.41) is 1.37. The van der Waals surface area contributed by atoms with Gasteiger partial charge in [0.25, 0.3) is 0 Å². The number of fused-ring (bicyclic) bond motifs is 8. The standard InChI is InChI=1S/C45H27F11IN4O2P7/c1-9-37(64)39(66)23(40(67)38(9)65)16-10-3-5-12(58-10)17(20-24(46)29(51)32(54)30(52)25(20)47)14-7-8-15(61(14)2)19(21-26(48)31(53)34(56)41(68)28(21)50)36-45(62)63-44(60-36)18(13-6-4-11(16)59-13)22-27(49)33(55)42(69)43(70)35(22)57/h3-8,59H,64-70H2,1-2H3. The van der Waals surface area contributed by atoms with Crippen LogP contribution < -0.4 is 41.9 Å². The van der Waals surface area contributed by atoms with E-state index in [0.717, 1.165) is 29.3 Å². The van der Waals surface area contributed by atoms with E-state index in [1.54, 1.807) is 31.8 Å². The van der Waals surface area contributed by atoms with E-state index in [1.807, 2.05) is 6.92 Å². The molecule has 0 radical (unpaired) electrons. The highest BCUT2D eigenvalue weighted by Gasteiger charge is 2.36. The van der Waals surface area contributed by atoms with E-state index in [4.69, 9.17) is 9.72 Å². The van der Waals surface area contributed by atoms with Crippen LogP contribution in [-0.2, 0) is 7.05 Å². The molecule has 1 N–H and O–H groups in total. The maximum absolute atomic E-state index is 16.7. The molecule has 3 aromatic heterocycles. The van der Waals surface area contributed by atoms with E-state index < -0.39 is 137 Å². The van der Waals surface area contributed by atoms with Crippen LogP contribution in [0.1, 0.15) is 27.4 Å². The molecule has 7 unspecified atom stereocenters. The summed E-state index contributed by atoms with van der Waals surface area (Å²) >= 11 is 1.74. The molecular weight excluding hydrogens is 1180 g/mol. The molecule has 8 bridgehead atoms. The summed E-state index contributed by atoms with van der Waals surface area (Å²) in [4.78, 5) is 26.6. The third-order valence-corrected chi connectivity index (χ3v) is 19.0. The van der Waals surface area contributed by atoms with Crippen molar-refractivity contribution >= 4 is 165 Å². The van der Waals surface area contributed by atoms with Gasteiger partial charge in [-0.3, -0.25) is 0 Å². The molecule has 25 heteroatoms. The molecule has 0 saturated heterocycles. The van der Waals surface area contributed by atoms with Gasteiger partial charge in [-0.05, 0) is 98.0 Å². The first-order chi connectivity index (χ1) is 32.9. The maximum atomic E-state index is 16.7. The summed E-state index contributed by atoms with van der Waals surface area (Å²) < 4.78 is 180. The lowest BCUT2D eigenvalue weighted by molar-refractivity contribution is 0.0755. The van der Waals surface area contributed by atoms with Crippen LogP contribution in [0, 0.1) is 74.5 Å². The average molecular weight is 1210 g/mol. The average Bonchev–Trinajstić information content (AvgIpc) is 4.17. The zero-order chi connectivity index (χ0) is 51.0. The Morgan fingerprint density at radius 3 is 1.51 bits per heavy atom. The Labute approximate surface area is 418 Å². The van der Waals surface area contributed by atoms with E-state index in [2.05, 4.69) is 65.4 Å². The highest BCUT2D eigenvalue weighted by molar-refractivity contribution is 14.1. The second-order valence-corrected chi connectivity index (χ2v) is 20.7. The van der Waals surface area contributed by atoms with Gasteiger partial charge < -0.3 is 14.3 Å². The topological polar surface area (TPSA) is 72.8 Å². The van der Waals surface area contributed by atoms with Gasteiger partial charge in [-0.1, -0.05) is 9.24 Å². The number of rotatable bonds is 4. The summed E-state index contributed by atoms with van der Waals surface area (Å²) in [6.07, 6.45) is 2.59. The third kappa shape index (κ3) is 7.63. The highest BCUT2D eigenvalue weighted by Crippen LogP contribution is 2.45. The van der Waals surface area contributed by atoms with Gasteiger partial charge in [0, 0.05) is 54.6 Å². The number of aryl methyl sites for hydroxylation is 1. The summed E-state index contributed by atoms with van der Waals surface area (Å²) in [5.74, 6) is -25.0. The summed E-state index contributed by atoms with van der Waals surface area (Å²) in [6.45, 7) is 1.86. The molecule has 0 amide bonds. The lowest BCUT2D eigenvalue weighted by atomic mass is 10.0. The lowest BCUT2D eigenvalue weighted by Crippen LogP contribution is -2.32. The van der Waals surface area contributed by atoms with Crippen LogP contribution >= 0.6 is 87.3 Å². The number of nitrogens with zero attached hydrogens (tertiary/aromatic N) is 3. The van der Waals surface area contributed by atoms with Gasteiger partial charge in [-0.25, -0.2) is 63.1 Å². The second-order valence-electron chi connectivity index (χ2n) is 15.6. The molecule has 0 fully saturated rings. The van der Waals surface area contributed by atoms with Crippen molar-refractivity contribution in [3.05, 3.63) is 114 Å². The summed E-state index contributed by atoms with van der Waals surface area (Å²) in [5.41, 5.74) is -6.57.